The Hall–Kier alpha value is -2.21. The van der Waals surface area contributed by atoms with Crippen LogP contribution in [0.3, 0.4) is 0 Å². The van der Waals surface area contributed by atoms with Crippen molar-refractivity contribution < 1.29 is 16.1 Å². The molecule has 0 unspecified atom stereocenters. The van der Waals surface area contributed by atoms with Gasteiger partial charge >= 0.3 is 0 Å². The molecule has 2 aromatic rings. The number of carbonyl (C=O) groups excluding carboxylic acids is 1. The Bertz CT molecular complexity index is 707. The first kappa shape index (κ1) is 20.5. The Kier molecular flexibility index (Phi) is 8.03. The minimum Gasteiger partial charge on any atom is -0.491 e. The molecule has 0 bridgehead atoms. The van der Waals surface area contributed by atoms with Gasteiger partial charge in [0, 0.05) is 40.6 Å². The molecule has 0 spiro atoms. The van der Waals surface area contributed by atoms with Gasteiger partial charge in [-0.3, -0.25) is 14.6 Å². The number of Topliss-reactive ketones (excluding diaryl/α,β-unsaturated/α-hetero) is 1. The van der Waals surface area contributed by atoms with Crippen LogP contribution in [0.2, 0.25) is 0 Å². The maximum absolute atomic E-state index is 12.3. The molecule has 152 valence electrons. The molecule has 0 radical (unpaired) electrons. The number of ether oxygens (including phenoxy) is 1. The van der Waals surface area contributed by atoms with Gasteiger partial charge in [-0.15, -0.1) is 0 Å². The van der Waals surface area contributed by atoms with Crippen LogP contribution in [0, 0.1) is 0 Å². The number of para-hydroxylation sites is 1. The fraction of sp³-hybridized carbons (Fsp3) is 0.435. The lowest BCUT2D eigenvalue weighted by molar-refractivity contribution is -0.120. The highest BCUT2D eigenvalue weighted by Gasteiger charge is 2.21. The Morgan fingerprint density at radius 1 is 0.964 bits per heavy atom. The first-order valence-electron chi connectivity index (χ1n) is 10.1. The second kappa shape index (κ2) is 11.0. The van der Waals surface area contributed by atoms with E-state index in [0.717, 1.165) is 38.3 Å². The molecule has 3 rings (SSSR count). The largest absolute Gasteiger partial charge is 0.491 e. The molecule has 1 atom stereocenters. The molecule has 1 heterocycles. The monoisotopic (exact) mass is 384 g/mol. The molecule has 1 saturated heterocycles. The maximum Gasteiger partial charge on any atom is 0.147 e. The van der Waals surface area contributed by atoms with Crippen molar-refractivity contribution >= 4 is 5.78 Å². The summed E-state index contributed by atoms with van der Waals surface area (Å²) in [5.74, 6) is 1.08. The normalized spacial score (nSPS) is 16.6. The van der Waals surface area contributed by atoms with Crippen LogP contribution >= 0.6 is 0 Å². The minimum absolute atomic E-state index is 0. The molecule has 1 aliphatic heterocycles. The van der Waals surface area contributed by atoms with E-state index in [1.807, 2.05) is 48.5 Å². The van der Waals surface area contributed by atoms with Crippen molar-refractivity contribution in [2.45, 2.75) is 18.9 Å². The second-order valence-electron chi connectivity index (χ2n) is 7.38. The number of carbonyl (C=O) groups is 1. The van der Waals surface area contributed by atoms with Crippen molar-refractivity contribution in [2.75, 3.05) is 45.9 Å². The molecular formula is C23H32N2O3. The van der Waals surface area contributed by atoms with Crippen LogP contribution in [-0.2, 0) is 11.2 Å². The number of benzene rings is 2. The molecule has 2 aromatic carbocycles. The van der Waals surface area contributed by atoms with E-state index >= 15 is 0 Å². The number of nitrogens with zero attached hydrogens (tertiary/aromatic N) is 2. The Labute approximate surface area is 169 Å². The first-order chi connectivity index (χ1) is 13.7. The molecule has 5 nitrogen and oxygen atoms in total. The van der Waals surface area contributed by atoms with Gasteiger partial charge in [-0.1, -0.05) is 48.5 Å². The quantitative estimate of drug-likeness (QED) is 0.682. The minimum atomic E-state index is -0.515. The summed E-state index contributed by atoms with van der Waals surface area (Å²) in [5.41, 5.74) is 1.22. The lowest BCUT2D eigenvalue weighted by Gasteiger charge is -2.35. The molecule has 1 aliphatic rings. The van der Waals surface area contributed by atoms with E-state index in [1.54, 1.807) is 0 Å². The number of hydrogen-bond donors (Lipinski definition) is 1. The van der Waals surface area contributed by atoms with Crippen molar-refractivity contribution in [3.63, 3.8) is 0 Å². The Morgan fingerprint density at radius 2 is 1.57 bits per heavy atom. The molecule has 0 aliphatic carbocycles. The predicted octanol–water partition coefficient (Wildman–Crippen LogP) is 2.49. The molecule has 0 amide bonds. The van der Waals surface area contributed by atoms with Crippen LogP contribution in [0.1, 0.15) is 13.4 Å². The number of aliphatic hydroxyl groups excluding tert-OH is 1. The highest BCUT2D eigenvalue weighted by molar-refractivity contribution is 5.80. The zero-order valence-electron chi connectivity index (χ0n) is 16.4. The molecule has 5 heteroatoms. The SMILES string of the molecule is O=C(CCc1ccccc1)CN1CCN(C[C@@H](O)COc2ccccc2)CC1.[HH]. The van der Waals surface area contributed by atoms with E-state index in [9.17, 15) is 9.90 Å². The molecular weight excluding hydrogens is 352 g/mol. The van der Waals surface area contributed by atoms with Crippen molar-refractivity contribution in [2.24, 2.45) is 0 Å². The van der Waals surface area contributed by atoms with Crippen LogP contribution in [0.15, 0.2) is 60.7 Å². The number of ketones is 1. The summed E-state index contributed by atoms with van der Waals surface area (Å²) in [6.07, 6.45) is 0.895. The van der Waals surface area contributed by atoms with Gasteiger partial charge in [-0.25, -0.2) is 0 Å². The lowest BCUT2D eigenvalue weighted by atomic mass is 10.1. The van der Waals surface area contributed by atoms with E-state index in [-0.39, 0.29) is 1.43 Å². The zero-order chi connectivity index (χ0) is 19.6. The Balaban J connectivity index is 0.00000300. The third kappa shape index (κ3) is 7.08. The molecule has 1 fully saturated rings. The highest BCUT2D eigenvalue weighted by Crippen LogP contribution is 2.10. The summed E-state index contributed by atoms with van der Waals surface area (Å²) in [6.45, 7) is 4.89. The van der Waals surface area contributed by atoms with Gasteiger partial charge < -0.3 is 9.84 Å². The standard InChI is InChI=1S/C23H30N2O3.H2/c26-21(12-11-20-7-3-1-4-8-20)17-24-13-15-25(16-14-24)18-22(27)19-28-23-9-5-2-6-10-23;/h1-10,22,27H,11-19H2;1H/t22-;/m1./s1. The first-order valence-corrected chi connectivity index (χ1v) is 10.1. The van der Waals surface area contributed by atoms with Gasteiger partial charge in [0.2, 0.25) is 0 Å². The summed E-state index contributed by atoms with van der Waals surface area (Å²) in [4.78, 5) is 16.7. The van der Waals surface area contributed by atoms with E-state index < -0.39 is 6.10 Å². The van der Waals surface area contributed by atoms with Gasteiger partial charge in [-0.2, -0.15) is 0 Å². The van der Waals surface area contributed by atoms with Crippen molar-refractivity contribution in [3.8, 4) is 5.75 Å². The fourth-order valence-corrected chi connectivity index (χ4v) is 3.45. The highest BCUT2D eigenvalue weighted by atomic mass is 16.5. The Morgan fingerprint density at radius 3 is 2.25 bits per heavy atom. The topological polar surface area (TPSA) is 53.0 Å². The number of aliphatic hydroxyl groups is 1. The van der Waals surface area contributed by atoms with Gasteiger partial charge in [0.05, 0.1) is 6.54 Å². The van der Waals surface area contributed by atoms with Gasteiger partial charge in [0.25, 0.3) is 0 Å². The van der Waals surface area contributed by atoms with Crippen LogP contribution in [-0.4, -0.2) is 72.7 Å². The summed E-state index contributed by atoms with van der Waals surface area (Å²) < 4.78 is 5.61. The van der Waals surface area contributed by atoms with E-state index in [1.165, 1.54) is 5.56 Å². The number of aryl methyl sites for hydroxylation is 1. The lowest BCUT2D eigenvalue weighted by Crippen LogP contribution is -2.50. The van der Waals surface area contributed by atoms with Crippen LogP contribution < -0.4 is 4.74 Å². The fourth-order valence-electron chi connectivity index (χ4n) is 3.45. The van der Waals surface area contributed by atoms with Crippen molar-refractivity contribution in [1.82, 2.24) is 9.80 Å². The van der Waals surface area contributed by atoms with Gasteiger partial charge in [-0.05, 0) is 24.1 Å². The molecule has 0 saturated carbocycles. The summed E-state index contributed by atoms with van der Waals surface area (Å²) >= 11 is 0. The molecule has 28 heavy (non-hydrogen) atoms. The third-order valence-corrected chi connectivity index (χ3v) is 5.05. The van der Waals surface area contributed by atoms with E-state index in [0.29, 0.717) is 31.9 Å². The maximum atomic E-state index is 12.3. The predicted molar refractivity (Wildman–Crippen MR) is 113 cm³/mol. The number of β-amino-alcohol motifs (C(OH)–C–C–N with tert-alkyl or cyclic N) is 1. The van der Waals surface area contributed by atoms with Gasteiger partial charge in [0.1, 0.15) is 24.2 Å². The summed E-state index contributed by atoms with van der Waals surface area (Å²) in [6, 6.07) is 19.7. The average Bonchev–Trinajstić information content (AvgIpc) is 2.74. The van der Waals surface area contributed by atoms with Gasteiger partial charge in [0.15, 0.2) is 0 Å². The summed E-state index contributed by atoms with van der Waals surface area (Å²) in [7, 11) is 0. The third-order valence-electron chi connectivity index (χ3n) is 5.05. The number of piperazine rings is 1. The van der Waals surface area contributed by atoms with E-state index in [2.05, 4.69) is 21.9 Å². The van der Waals surface area contributed by atoms with Crippen molar-refractivity contribution in [3.05, 3.63) is 66.2 Å². The van der Waals surface area contributed by atoms with Crippen molar-refractivity contribution in [1.29, 1.82) is 0 Å². The number of rotatable bonds is 10. The number of hydrogen-bond acceptors (Lipinski definition) is 5. The smallest absolute Gasteiger partial charge is 0.147 e. The molecule has 0 aromatic heterocycles. The summed E-state index contributed by atoms with van der Waals surface area (Å²) in [5, 5.41) is 10.2. The van der Waals surface area contributed by atoms with Crippen LogP contribution in [0.4, 0.5) is 0 Å². The average molecular weight is 385 g/mol. The van der Waals surface area contributed by atoms with Crippen LogP contribution in [0.5, 0.6) is 5.75 Å². The molecule has 1 N–H and O–H groups in total. The second-order valence-corrected chi connectivity index (χ2v) is 7.38. The zero-order valence-corrected chi connectivity index (χ0v) is 16.4. The van der Waals surface area contributed by atoms with E-state index in [4.69, 9.17) is 4.74 Å². The van der Waals surface area contributed by atoms with Crippen LogP contribution in [0.25, 0.3) is 0 Å².